The van der Waals surface area contributed by atoms with Gasteiger partial charge in [0.1, 0.15) is 11.6 Å². The molecule has 4 nitrogen and oxygen atoms in total. The number of methoxy groups -OCH3 is 1. The van der Waals surface area contributed by atoms with Crippen LogP contribution in [0.5, 0.6) is 5.75 Å². The number of rotatable bonds is 6. The Morgan fingerprint density at radius 2 is 1.76 bits per heavy atom. The average molecular weight is 351 g/mol. The van der Waals surface area contributed by atoms with Crippen molar-refractivity contribution in [1.29, 1.82) is 0 Å². The van der Waals surface area contributed by atoms with Gasteiger partial charge in [-0.25, -0.2) is 0 Å². The molecule has 0 spiro atoms. The summed E-state index contributed by atoms with van der Waals surface area (Å²) >= 11 is 1.73. The topological polar surface area (TPSA) is 39.9 Å². The molecule has 25 heavy (non-hydrogen) atoms. The van der Waals surface area contributed by atoms with Crippen molar-refractivity contribution in [3.63, 3.8) is 0 Å². The summed E-state index contributed by atoms with van der Waals surface area (Å²) in [5.74, 6) is 3.37. The van der Waals surface area contributed by atoms with Crippen LogP contribution in [0, 0.1) is 6.92 Å². The maximum Gasteiger partial charge on any atom is 0.196 e. The first-order chi connectivity index (χ1) is 12.2. The summed E-state index contributed by atoms with van der Waals surface area (Å²) in [5, 5.41) is 9.91. The molecule has 1 aliphatic carbocycles. The first-order valence-electron chi connectivity index (χ1n) is 8.52. The third-order valence-corrected chi connectivity index (χ3v) is 5.42. The molecule has 0 aliphatic heterocycles. The van der Waals surface area contributed by atoms with Crippen LogP contribution < -0.4 is 4.74 Å². The van der Waals surface area contributed by atoms with E-state index in [-0.39, 0.29) is 0 Å². The van der Waals surface area contributed by atoms with Crippen molar-refractivity contribution < 1.29 is 4.74 Å². The molecule has 128 valence electrons. The van der Waals surface area contributed by atoms with E-state index in [1.807, 2.05) is 12.1 Å². The fourth-order valence-electron chi connectivity index (χ4n) is 2.79. The Balaban J connectivity index is 1.61. The SMILES string of the molecule is COc1ccc(-n2c(SCc3ccc(C)cc3)nnc2C2CC2)cc1. The van der Waals surface area contributed by atoms with Crippen LogP contribution in [0.25, 0.3) is 5.69 Å². The van der Waals surface area contributed by atoms with Gasteiger partial charge in [0, 0.05) is 17.4 Å². The molecule has 0 saturated heterocycles. The van der Waals surface area contributed by atoms with Crippen molar-refractivity contribution in [2.75, 3.05) is 7.11 Å². The van der Waals surface area contributed by atoms with Gasteiger partial charge in [0.25, 0.3) is 0 Å². The van der Waals surface area contributed by atoms with Gasteiger partial charge in [-0.1, -0.05) is 41.6 Å². The molecule has 4 rings (SSSR count). The molecule has 2 aromatic carbocycles. The predicted molar refractivity (Wildman–Crippen MR) is 101 cm³/mol. The molecule has 0 amide bonds. The molecule has 0 radical (unpaired) electrons. The van der Waals surface area contributed by atoms with Crippen LogP contribution in [-0.4, -0.2) is 21.9 Å². The first-order valence-corrected chi connectivity index (χ1v) is 9.51. The summed E-state index contributed by atoms with van der Waals surface area (Å²) in [6.45, 7) is 2.11. The van der Waals surface area contributed by atoms with E-state index in [0.29, 0.717) is 5.92 Å². The Labute approximate surface area is 152 Å². The Morgan fingerprint density at radius 3 is 2.40 bits per heavy atom. The maximum absolute atomic E-state index is 5.28. The Kier molecular flexibility index (Phi) is 4.49. The van der Waals surface area contributed by atoms with E-state index in [4.69, 9.17) is 4.74 Å². The zero-order chi connectivity index (χ0) is 17.2. The molecule has 0 unspecified atom stereocenters. The smallest absolute Gasteiger partial charge is 0.196 e. The molecule has 1 heterocycles. The fourth-order valence-corrected chi connectivity index (χ4v) is 3.70. The summed E-state index contributed by atoms with van der Waals surface area (Å²) in [6, 6.07) is 16.8. The molecular formula is C20H21N3OS. The lowest BCUT2D eigenvalue weighted by Gasteiger charge is -2.10. The number of nitrogens with zero attached hydrogens (tertiary/aromatic N) is 3. The number of aromatic nitrogens is 3. The highest BCUT2D eigenvalue weighted by atomic mass is 32.2. The standard InChI is InChI=1S/C20H21N3OS/c1-14-3-5-15(6-4-14)13-25-20-22-21-19(16-7-8-16)23(20)17-9-11-18(24-2)12-10-17/h3-6,9-12,16H,7-8,13H2,1-2H3. The molecule has 1 fully saturated rings. The molecule has 0 atom stereocenters. The quantitative estimate of drug-likeness (QED) is 0.601. The molecule has 1 saturated carbocycles. The molecule has 0 N–H and O–H groups in total. The van der Waals surface area contributed by atoms with Crippen molar-refractivity contribution in [2.45, 2.75) is 36.6 Å². The summed E-state index contributed by atoms with van der Waals surface area (Å²) in [6.07, 6.45) is 2.41. The third-order valence-electron chi connectivity index (χ3n) is 4.42. The highest BCUT2D eigenvalue weighted by Crippen LogP contribution is 2.41. The van der Waals surface area contributed by atoms with Crippen molar-refractivity contribution in [2.24, 2.45) is 0 Å². The molecule has 3 aromatic rings. The van der Waals surface area contributed by atoms with Crippen LogP contribution in [0.4, 0.5) is 0 Å². The van der Waals surface area contributed by atoms with Gasteiger partial charge < -0.3 is 4.74 Å². The van der Waals surface area contributed by atoms with Gasteiger partial charge in [0.15, 0.2) is 5.16 Å². The number of hydrogen-bond acceptors (Lipinski definition) is 4. The molecule has 0 bridgehead atoms. The number of ether oxygens (including phenoxy) is 1. The van der Waals surface area contributed by atoms with E-state index in [1.54, 1.807) is 18.9 Å². The lowest BCUT2D eigenvalue weighted by Crippen LogP contribution is -2.02. The predicted octanol–water partition coefficient (Wildman–Crippen LogP) is 4.75. The van der Waals surface area contributed by atoms with E-state index in [2.05, 4.69) is 58.1 Å². The van der Waals surface area contributed by atoms with Crippen LogP contribution >= 0.6 is 11.8 Å². The van der Waals surface area contributed by atoms with Crippen LogP contribution in [-0.2, 0) is 5.75 Å². The van der Waals surface area contributed by atoms with Crippen molar-refractivity contribution in [3.8, 4) is 11.4 Å². The fraction of sp³-hybridized carbons (Fsp3) is 0.300. The minimum absolute atomic E-state index is 0.545. The Bertz CT molecular complexity index is 852. The Morgan fingerprint density at radius 1 is 1.04 bits per heavy atom. The zero-order valence-electron chi connectivity index (χ0n) is 14.5. The number of hydrogen-bond donors (Lipinski definition) is 0. The van der Waals surface area contributed by atoms with E-state index in [1.165, 1.54) is 24.0 Å². The monoisotopic (exact) mass is 351 g/mol. The van der Waals surface area contributed by atoms with Crippen LogP contribution in [0.3, 0.4) is 0 Å². The van der Waals surface area contributed by atoms with Gasteiger partial charge in [-0.2, -0.15) is 0 Å². The zero-order valence-corrected chi connectivity index (χ0v) is 15.3. The Hall–Kier alpha value is -2.27. The first kappa shape index (κ1) is 16.2. The summed E-state index contributed by atoms with van der Waals surface area (Å²) in [5.41, 5.74) is 3.68. The van der Waals surface area contributed by atoms with Crippen LogP contribution in [0.2, 0.25) is 0 Å². The normalized spacial score (nSPS) is 13.8. The largest absolute Gasteiger partial charge is 0.497 e. The highest BCUT2D eigenvalue weighted by Gasteiger charge is 2.31. The molecular weight excluding hydrogens is 330 g/mol. The van der Waals surface area contributed by atoms with Gasteiger partial charge in [0.05, 0.1) is 7.11 Å². The van der Waals surface area contributed by atoms with Gasteiger partial charge in [0.2, 0.25) is 0 Å². The second kappa shape index (κ2) is 6.92. The number of aryl methyl sites for hydroxylation is 1. The molecule has 1 aromatic heterocycles. The minimum Gasteiger partial charge on any atom is -0.497 e. The van der Waals surface area contributed by atoms with Crippen LogP contribution in [0.1, 0.15) is 35.7 Å². The van der Waals surface area contributed by atoms with Gasteiger partial charge >= 0.3 is 0 Å². The number of benzene rings is 2. The molecule has 5 heteroatoms. The van der Waals surface area contributed by atoms with E-state index >= 15 is 0 Å². The lowest BCUT2D eigenvalue weighted by atomic mass is 10.2. The van der Waals surface area contributed by atoms with E-state index in [0.717, 1.165) is 28.2 Å². The second-order valence-electron chi connectivity index (χ2n) is 6.42. The van der Waals surface area contributed by atoms with Crippen molar-refractivity contribution in [1.82, 2.24) is 14.8 Å². The van der Waals surface area contributed by atoms with Crippen molar-refractivity contribution in [3.05, 3.63) is 65.5 Å². The van der Waals surface area contributed by atoms with Gasteiger partial charge in [-0.05, 0) is 49.6 Å². The van der Waals surface area contributed by atoms with E-state index in [9.17, 15) is 0 Å². The minimum atomic E-state index is 0.545. The second-order valence-corrected chi connectivity index (χ2v) is 7.37. The number of thioether (sulfide) groups is 1. The van der Waals surface area contributed by atoms with E-state index < -0.39 is 0 Å². The lowest BCUT2D eigenvalue weighted by molar-refractivity contribution is 0.414. The van der Waals surface area contributed by atoms with Crippen LogP contribution in [0.15, 0.2) is 53.7 Å². The third kappa shape index (κ3) is 3.56. The summed E-state index contributed by atoms with van der Waals surface area (Å²) < 4.78 is 7.48. The summed E-state index contributed by atoms with van der Waals surface area (Å²) in [7, 11) is 1.69. The van der Waals surface area contributed by atoms with Crippen molar-refractivity contribution >= 4 is 11.8 Å². The summed E-state index contributed by atoms with van der Waals surface area (Å²) in [4.78, 5) is 0. The highest BCUT2D eigenvalue weighted by molar-refractivity contribution is 7.98. The molecule has 1 aliphatic rings. The van der Waals surface area contributed by atoms with Gasteiger partial charge in [-0.15, -0.1) is 10.2 Å². The van der Waals surface area contributed by atoms with Gasteiger partial charge in [-0.3, -0.25) is 4.57 Å². The maximum atomic E-state index is 5.28. The average Bonchev–Trinajstić information content (AvgIpc) is 3.41.